The minimum Gasteiger partial charge on any atom is -0.370 e. The van der Waals surface area contributed by atoms with Crippen molar-refractivity contribution in [2.45, 2.75) is 33.6 Å². The second kappa shape index (κ2) is 9.22. The quantitative estimate of drug-likeness (QED) is 0.608. The zero-order valence-corrected chi connectivity index (χ0v) is 15.3. The van der Waals surface area contributed by atoms with Crippen molar-refractivity contribution >= 4 is 29.0 Å². The molecule has 2 rings (SSSR count). The molecule has 0 saturated heterocycles. The first-order valence-corrected chi connectivity index (χ1v) is 9.09. The van der Waals surface area contributed by atoms with Gasteiger partial charge in [0, 0.05) is 42.7 Å². The van der Waals surface area contributed by atoms with E-state index in [-0.39, 0.29) is 5.91 Å². The van der Waals surface area contributed by atoms with Gasteiger partial charge in [-0.15, -0.1) is 11.3 Å². The molecule has 0 aliphatic carbocycles. The van der Waals surface area contributed by atoms with Gasteiger partial charge in [0.25, 0.3) is 0 Å². The minimum absolute atomic E-state index is 0.0723. The van der Waals surface area contributed by atoms with Crippen LogP contribution in [0.4, 0.5) is 11.8 Å². The van der Waals surface area contributed by atoms with E-state index in [0.29, 0.717) is 25.5 Å². The van der Waals surface area contributed by atoms with Gasteiger partial charge in [-0.1, -0.05) is 0 Å². The first-order chi connectivity index (χ1) is 11.6. The van der Waals surface area contributed by atoms with Crippen LogP contribution in [-0.2, 0) is 11.2 Å². The van der Waals surface area contributed by atoms with Crippen LogP contribution >= 0.6 is 11.3 Å². The lowest BCUT2D eigenvalue weighted by Crippen LogP contribution is -2.29. The normalized spacial score (nSPS) is 10.5. The van der Waals surface area contributed by atoms with Gasteiger partial charge in [-0.2, -0.15) is 4.98 Å². The summed E-state index contributed by atoms with van der Waals surface area (Å²) in [7, 11) is 0. The van der Waals surface area contributed by atoms with Gasteiger partial charge in [-0.3, -0.25) is 4.79 Å². The van der Waals surface area contributed by atoms with Gasteiger partial charge in [-0.25, -0.2) is 4.98 Å². The molecule has 0 aliphatic heterocycles. The predicted octanol–water partition coefficient (Wildman–Crippen LogP) is 2.75. The summed E-state index contributed by atoms with van der Waals surface area (Å²) in [4.78, 5) is 21.9. The molecule has 2 aromatic rings. The molecular weight excluding hydrogens is 322 g/mol. The van der Waals surface area contributed by atoms with Gasteiger partial charge >= 0.3 is 0 Å². The molecule has 0 bridgehead atoms. The molecule has 0 unspecified atom stereocenters. The molecule has 0 spiro atoms. The van der Waals surface area contributed by atoms with Crippen LogP contribution in [0.15, 0.2) is 17.5 Å². The van der Waals surface area contributed by atoms with Crippen LogP contribution in [0.2, 0.25) is 0 Å². The highest BCUT2D eigenvalue weighted by molar-refractivity contribution is 7.10. The third-order valence-electron chi connectivity index (χ3n) is 3.49. The molecule has 0 atom stereocenters. The summed E-state index contributed by atoms with van der Waals surface area (Å²) >= 11 is 1.71. The Kier molecular flexibility index (Phi) is 6.99. The van der Waals surface area contributed by atoms with E-state index in [0.717, 1.165) is 24.5 Å². The van der Waals surface area contributed by atoms with Crippen molar-refractivity contribution in [2.75, 3.05) is 30.3 Å². The summed E-state index contributed by atoms with van der Waals surface area (Å²) in [6.07, 6.45) is 1.32. The second-order valence-corrected chi connectivity index (χ2v) is 6.55. The van der Waals surface area contributed by atoms with E-state index in [4.69, 9.17) is 0 Å². The Morgan fingerprint density at radius 1 is 1.21 bits per heavy atom. The number of thiophene rings is 1. The molecule has 2 aromatic heterocycles. The molecule has 130 valence electrons. The number of aryl methyl sites for hydroxylation is 3. The lowest BCUT2D eigenvalue weighted by atomic mass is 10.2. The number of carbonyl (C=O) groups excluding carboxylic acids is 1. The molecule has 0 aliphatic rings. The molecule has 6 nitrogen and oxygen atoms in total. The highest BCUT2D eigenvalue weighted by atomic mass is 32.1. The zero-order chi connectivity index (χ0) is 17.4. The maximum atomic E-state index is 11.9. The van der Waals surface area contributed by atoms with Crippen molar-refractivity contribution in [2.24, 2.45) is 0 Å². The number of nitrogens with zero attached hydrogens (tertiary/aromatic N) is 2. The molecule has 3 N–H and O–H groups in total. The number of nitrogens with one attached hydrogen (secondary N) is 3. The Labute approximate surface area is 147 Å². The number of hydrogen-bond acceptors (Lipinski definition) is 6. The fourth-order valence-corrected chi connectivity index (χ4v) is 3.18. The monoisotopic (exact) mass is 347 g/mol. The highest BCUT2D eigenvalue weighted by Gasteiger charge is 2.05. The van der Waals surface area contributed by atoms with E-state index in [1.165, 1.54) is 10.4 Å². The average molecular weight is 347 g/mol. The van der Waals surface area contributed by atoms with E-state index in [1.54, 1.807) is 11.3 Å². The number of amides is 1. The number of rotatable bonds is 9. The zero-order valence-electron chi connectivity index (χ0n) is 14.5. The Morgan fingerprint density at radius 2 is 2.04 bits per heavy atom. The van der Waals surface area contributed by atoms with E-state index in [1.807, 2.05) is 19.9 Å². The van der Waals surface area contributed by atoms with E-state index in [2.05, 4.69) is 44.3 Å². The van der Waals surface area contributed by atoms with Crippen LogP contribution < -0.4 is 16.0 Å². The molecule has 0 radical (unpaired) electrons. The first-order valence-electron chi connectivity index (χ1n) is 8.21. The average Bonchev–Trinajstić information content (AvgIpc) is 2.94. The third-order valence-corrected chi connectivity index (χ3v) is 4.57. The summed E-state index contributed by atoms with van der Waals surface area (Å²) in [5.74, 6) is 1.46. The standard InChI is InChI=1S/C17H25N5OS/c1-4-18-15-11-13(3)21-17(22-15)20-9-8-19-16(23)6-5-14-12(2)7-10-24-14/h7,10-11H,4-6,8-9H2,1-3H3,(H,19,23)(H2,18,20,21,22). The Morgan fingerprint density at radius 3 is 2.75 bits per heavy atom. The van der Waals surface area contributed by atoms with Crippen LogP contribution in [0.5, 0.6) is 0 Å². The molecule has 1 amide bonds. The number of hydrogen-bond donors (Lipinski definition) is 3. The lowest BCUT2D eigenvalue weighted by molar-refractivity contribution is -0.120. The minimum atomic E-state index is 0.0723. The molecule has 0 aromatic carbocycles. The first kappa shape index (κ1) is 18.2. The van der Waals surface area contributed by atoms with Crippen molar-refractivity contribution < 1.29 is 4.79 Å². The third kappa shape index (κ3) is 5.81. The number of anilines is 2. The van der Waals surface area contributed by atoms with Gasteiger partial charge in [0.1, 0.15) is 5.82 Å². The summed E-state index contributed by atoms with van der Waals surface area (Å²) < 4.78 is 0. The van der Waals surface area contributed by atoms with Gasteiger partial charge in [0.2, 0.25) is 11.9 Å². The van der Waals surface area contributed by atoms with Gasteiger partial charge in [0.15, 0.2) is 0 Å². The highest BCUT2D eigenvalue weighted by Crippen LogP contribution is 2.17. The fraction of sp³-hybridized carbons (Fsp3) is 0.471. The largest absolute Gasteiger partial charge is 0.370 e. The Balaban J connectivity index is 1.69. The van der Waals surface area contributed by atoms with Crippen molar-refractivity contribution in [1.29, 1.82) is 0 Å². The van der Waals surface area contributed by atoms with Crippen LogP contribution in [0.3, 0.4) is 0 Å². The van der Waals surface area contributed by atoms with Crippen LogP contribution in [0.1, 0.15) is 29.5 Å². The smallest absolute Gasteiger partial charge is 0.224 e. The van der Waals surface area contributed by atoms with Crippen LogP contribution in [0.25, 0.3) is 0 Å². The topological polar surface area (TPSA) is 78.9 Å². The molecule has 2 heterocycles. The van der Waals surface area contributed by atoms with Crippen LogP contribution in [0, 0.1) is 13.8 Å². The van der Waals surface area contributed by atoms with E-state index in [9.17, 15) is 4.79 Å². The van der Waals surface area contributed by atoms with Crippen molar-refractivity contribution in [1.82, 2.24) is 15.3 Å². The number of aromatic nitrogens is 2. The number of carbonyl (C=O) groups is 1. The van der Waals surface area contributed by atoms with Gasteiger partial charge in [-0.05, 0) is 44.2 Å². The summed E-state index contributed by atoms with van der Waals surface area (Å²) in [6, 6.07) is 3.99. The predicted molar refractivity (Wildman–Crippen MR) is 99.8 cm³/mol. The summed E-state index contributed by atoms with van der Waals surface area (Å²) in [5.41, 5.74) is 2.17. The Hall–Kier alpha value is -2.15. The van der Waals surface area contributed by atoms with E-state index < -0.39 is 0 Å². The summed E-state index contributed by atoms with van der Waals surface area (Å²) in [5, 5.41) is 11.3. The van der Waals surface area contributed by atoms with E-state index >= 15 is 0 Å². The van der Waals surface area contributed by atoms with Gasteiger partial charge < -0.3 is 16.0 Å². The molecular formula is C17H25N5OS. The Bertz CT molecular complexity index is 671. The summed E-state index contributed by atoms with van der Waals surface area (Å²) in [6.45, 7) is 8.00. The molecule has 0 saturated carbocycles. The fourth-order valence-electron chi connectivity index (χ4n) is 2.27. The van der Waals surface area contributed by atoms with Crippen molar-refractivity contribution in [3.63, 3.8) is 0 Å². The van der Waals surface area contributed by atoms with Gasteiger partial charge in [0.05, 0.1) is 0 Å². The lowest BCUT2D eigenvalue weighted by Gasteiger charge is -2.09. The molecule has 0 fully saturated rings. The molecule has 24 heavy (non-hydrogen) atoms. The maximum Gasteiger partial charge on any atom is 0.224 e. The van der Waals surface area contributed by atoms with Crippen molar-refractivity contribution in [3.05, 3.63) is 33.6 Å². The van der Waals surface area contributed by atoms with Crippen LogP contribution in [-0.4, -0.2) is 35.5 Å². The molecule has 7 heteroatoms. The second-order valence-electron chi connectivity index (χ2n) is 5.55. The maximum absolute atomic E-state index is 11.9. The van der Waals surface area contributed by atoms with Crippen molar-refractivity contribution in [3.8, 4) is 0 Å². The SMILES string of the molecule is CCNc1cc(C)nc(NCCNC(=O)CCc2sccc2C)n1.